The van der Waals surface area contributed by atoms with Gasteiger partial charge < -0.3 is 11.1 Å². The van der Waals surface area contributed by atoms with Crippen LogP contribution in [0.5, 0.6) is 0 Å². The van der Waals surface area contributed by atoms with Gasteiger partial charge in [0.2, 0.25) is 0 Å². The summed E-state index contributed by atoms with van der Waals surface area (Å²) in [6.07, 6.45) is 1.85. The summed E-state index contributed by atoms with van der Waals surface area (Å²) in [5.41, 5.74) is 5.81. The van der Waals surface area contributed by atoms with Crippen molar-refractivity contribution in [1.82, 2.24) is 5.32 Å². The van der Waals surface area contributed by atoms with Gasteiger partial charge in [0.15, 0.2) is 0 Å². The lowest BCUT2D eigenvalue weighted by atomic mass is 9.98. The van der Waals surface area contributed by atoms with Crippen LogP contribution >= 0.6 is 0 Å². The van der Waals surface area contributed by atoms with Crippen molar-refractivity contribution in [2.24, 2.45) is 0 Å². The first-order chi connectivity index (χ1) is 7.85. The van der Waals surface area contributed by atoms with Crippen LogP contribution in [0, 0.1) is 5.82 Å². The van der Waals surface area contributed by atoms with Crippen LogP contribution in [0.15, 0.2) is 18.2 Å². The Balaban J connectivity index is 2.83. The summed E-state index contributed by atoms with van der Waals surface area (Å²) in [7, 11) is 0. The van der Waals surface area contributed by atoms with Crippen molar-refractivity contribution in [3.05, 3.63) is 29.6 Å². The highest BCUT2D eigenvalue weighted by Crippen LogP contribution is 2.16. The van der Waals surface area contributed by atoms with Gasteiger partial charge in [-0.25, -0.2) is 4.39 Å². The molecule has 0 heterocycles. The van der Waals surface area contributed by atoms with E-state index in [-0.39, 0.29) is 17.1 Å². The van der Waals surface area contributed by atoms with Gasteiger partial charge in [-0.15, -0.1) is 0 Å². The normalized spacial score (nSPS) is 11.3. The summed E-state index contributed by atoms with van der Waals surface area (Å²) in [6, 6.07) is 3.79. The number of rotatable bonds is 4. The van der Waals surface area contributed by atoms with E-state index in [9.17, 15) is 9.18 Å². The fourth-order valence-corrected chi connectivity index (χ4v) is 1.80. The van der Waals surface area contributed by atoms with Crippen molar-refractivity contribution < 1.29 is 9.18 Å². The number of halogens is 1. The molecule has 0 aliphatic carbocycles. The molecule has 0 bridgehead atoms. The predicted octanol–water partition coefficient (Wildman–Crippen LogP) is 2.72. The van der Waals surface area contributed by atoms with Crippen LogP contribution in [0.1, 0.15) is 44.0 Å². The maximum Gasteiger partial charge on any atom is 0.253 e. The van der Waals surface area contributed by atoms with E-state index in [0.717, 1.165) is 18.9 Å². The number of anilines is 1. The monoisotopic (exact) mass is 238 g/mol. The number of nitrogens with one attached hydrogen (secondary N) is 1. The molecule has 0 fully saturated rings. The summed E-state index contributed by atoms with van der Waals surface area (Å²) in [5, 5.41) is 2.89. The number of hydrogen-bond donors (Lipinski definition) is 2. The van der Waals surface area contributed by atoms with Crippen molar-refractivity contribution in [3.63, 3.8) is 0 Å². The molecule has 1 aromatic rings. The molecule has 1 amide bonds. The van der Waals surface area contributed by atoms with Crippen LogP contribution in [-0.2, 0) is 0 Å². The van der Waals surface area contributed by atoms with Gasteiger partial charge in [0, 0.05) is 11.2 Å². The van der Waals surface area contributed by atoms with Crippen LogP contribution in [0.25, 0.3) is 0 Å². The Kier molecular flexibility index (Phi) is 4.10. The molecule has 4 heteroatoms. The SMILES string of the molecule is CCCC(C)(C)NC(=O)c1ccc(F)cc1N. The smallest absolute Gasteiger partial charge is 0.253 e. The molecule has 0 atom stereocenters. The Labute approximate surface area is 101 Å². The minimum atomic E-state index is -0.438. The van der Waals surface area contributed by atoms with Gasteiger partial charge in [-0.2, -0.15) is 0 Å². The number of benzene rings is 1. The van der Waals surface area contributed by atoms with Gasteiger partial charge in [-0.3, -0.25) is 4.79 Å². The third-order valence-electron chi connectivity index (χ3n) is 2.59. The van der Waals surface area contributed by atoms with E-state index >= 15 is 0 Å². The van der Waals surface area contributed by atoms with Crippen molar-refractivity contribution >= 4 is 11.6 Å². The zero-order chi connectivity index (χ0) is 13.1. The number of nitrogen functional groups attached to an aromatic ring is 1. The number of nitrogens with two attached hydrogens (primary N) is 1. The molecule has 0 spiro atoms. The molecule has 0 aliphatic rings. The lowest BCUT2D eigenvalue weighted by molar-refractivity contribution is 0.0910. The van der Waals surface area contributed by atoms with E-state index in [2.05, 4.69) is 12.2 Å². The molecule has 0 aliphatic heterocycles. The Bertz CT molecular complexity index is 416. The maximum atomic E-state index is 12.9. The Morgan fingerprint density at radius 1 is 1.47 bits per heavy atom. The van der Waals surface area contributed by atoms with Crippen LogP contribution in [0.4, 0.5) is 10.1 Å². The van der Waals surface area contributed by atoms with Gasteiger partial charge in [0.1, 0.15) is 5.82 Å². The molecule has 94 valence electrons. The zero-order valence-electron chi connectivity index (χ0n) is 10.5. The average Bonchev–Trinajstić information content (AvgIpc) is 2.15. The third kappa shape index (κ3) is 3.73. The summed E-state index contributed by atoms with van der Waals surface area (Å²) in [4.78, 5) is 12.0. The summed E-state index contributed by atoms with van der Waals surface area (Å²) in [6.45, 7) is 5.96. The highest BCUT2D eigenvalue weighted by atomic mass is 19.1. The molecule has 3 nitrogen and oxygen atoms in total. The predicted molar refractivity (Wildman–Crippen MR) is 67.3 cm³/mol. The number of carbonyl (C=O) groups excluding carboxylic acids is 1. The number of carbonyl (C=O) groups is 1. The second-order valence-electron chi connectivity index (χ2n) is 4.82. The molecule has 1 rings (SSSR count). The first kappa shape index (κ1) is 13.5. The molecule has 3 N–H and O–H groups in total. The van der Waals surface area contributed by atoms with Gasteiger partial charge in [-0.1, -0.05) is 13.3 Å². The summed E-state index contributed by atoms with van der Waals surface area (Å²) in [5.74, 6) is -0.701. The van der Waals surface area contributed by atoms with Crippen molar-refractivity contribution in [2.45, 2.75) is 39.2 Å². The van der Waals surface area contributed by atoms with Crippen molar-refractivity contribution in [1.29, 1.82) is 0 Å². The van der Waals surface area contributed by atoms with E-state index in [4.69, 9.17) is 5.73 Å². The topological polar surface area (TPSA) is 55.1 Å². The van der Waals surface area contributed by atoms with Crippen molar-refractivity contribution in [3.8, 4) is 0 Å². The molecule has 0 saturated heterocycles. The second-order valence-corrected chi connectivity index (χ2v) is 4.82. The summed E-state index contributed by atoms with van der Waals surface area (Å²) >= 11 is 0. The molecular weight excluding hydrogens is 219 g/mol. The van der Waals surface area contributed by atoms with Crippen LogP contribution < -0.4 is 11.1 Å². The van der Waals surface area contributed by atoms with Crippen LogP contribution in [0.2, 0.25) is 0 Å². The molecule has 1 aromatic carbocycles. The first-order valence-corrected chi connectivity index (χ1v) is 5.73. The number of hydrogen-bond acceptors (Lipinski definition) is 2. The quantitative estimate of drug-likeness (QED) is 0.792. The van der Waals surface area contributed by atoms with Crippen LogP contribution in [0.3, 0.4) is 0 Å². The van der Waals surface area contributed by atoms with E-state index in [1.165, 1.54) is 12.1 Å². The standard InChI is InChI=1S/C13H19FN2O/c1-4-7-13(2,3)16-12(17)10-6-5-9(14)8-11(10)15/h5-6,8H,4,7,15H2,1-3H3,(H,16,17). The Morgan fingerprint density at radius 2 is 2.12 bits per heavy atom. The molecule has 0 unspecified atom stereocenters. The Morgan fingerprint density at radius 3 is 2.65 bits per heavy atom. The van der Waals surface area contributed by atoms with Gasteiger partial charge in [0.05, 0.1) is 5.56 Å². The lowest BCUT2D eigenvalue weighted by Crippen LogP contribution is -2.43. The van der Waals surface area contributed by atoms with Crippen molar-refractivity contribution in [2.75, 3.05) is 5.73 Å². The largest absolute Gasteiger partial charge is 0.398 e. The van der Waals surface area contributed by atoms with E-state index < -0.39 is 5.82 Å². The second kappa shape index (κ2) is 5.17. The molecule has 0 saturated carbocycles. The van der Waals surface area contributed by atoms with Gasteiger partial charge >= 0.3 is 0 Å². The molecule has 17 heavy (non-hydrogen) atoms. The fourth-order valence-electron chi connectivity index (χ4n) is 1.80. The fraction of sp³-hybridized carbons (Fsp3) is 0.462. The summed E-state index contributed by atoms with van der Waals surface area (Å²) < 4.78 is 12.9. The van der Waals surface area contributed by atoms with Crippen LogP contribution in [-0.4, -0.2) is 11.4 Å². The number of amides is 1. The third-order valence-corrected chi connectivity index (χ3v) is 2.59. The van der Waals surface area contributed by atoms with E-state index in [0.29, 0.717) is 5.56 Å². The van der Waals surface area contributed by atoms with Gasteiger partial charge in [-0.05, 0) is 38.5 Å². The lowest BCUT2D eigenvalue weighted by Gasteiger charge is -2.26. The van der Waals surface area contributed by atoms with E-state index in [1.54, 1.807) is 0 Å². The minimum Gasteiger partial charge on any atom is -0.398 e. The molecule has 0 aromatic heterocycles. The van der Waals surface area contributed by atoms with Gasteiger partial charge in [0.25, 0.3) is 5.91 Å². The highest BCUT2D eigenvalue weighted by molar-refractivity contribution is 5.99. The minimum absolute atomic E-state index is 0.162. The Hall–Kier alpha value is -1.58. The molecule has 0 radical (unpaired) electrons. The maximum absolute atomic E-state index is 12.9. The molecular formula is C13H19FN2O. The average molecular weight is 238 g/mol. The van der Waals surface area contributed by atoms with E-state index in [1.807, 2.05) is 13.8 Å². The zero-order valence-corrected chi connectivity index (χ0v) is 10.5. The first-order valence-electron chi connectivity index (χ1n) is 5.73. The highest BCUT2D eigenvalue weighted by Gasteiger charge is 2.21.